The predicted molar refractivity (Wildman–Crippen MR) is 65.9 cm³/mol. The van der Waals surface area contributed by atoms with Crippen LogP contribution in [0.5, 0.6) is 5.75 Å². The van der Waals surface area contributed by atoms with Gasteiger partial charge in [0.15, 0.2) is 0 Å². The second-order valence-corrected chi connectivity index (χ2v) is 4.59. The fraction of sp³-hybridized carbons (Fsp3) is 0.333. The highest BCUT2D eigenvalue weighted by molar-refractivity contribution is 7.67. The molecule has 1 aromatic carbocycles. The maximum absolute atomic E-state index is 11.7. The molecule has 0 radical (unpaired) electrons. The number of carbonyl (C=O) groups excluding carboxylic acids is 2. The lowest BCUT2D eigenvalue weighted by Gasteiger charge is -2.11. The van der Waals surface area contributed by atoms with Gasteiger partial charge in [0.05, 0.1) is 11.1 Å². The van der Waals surface area contributed by atoms with Crippen molar-refractivity contribution >= 4 is 22.9 Å². The van der Waals surface area contributed by atoms with Crippen LogP contribution >= 0.6 is 0 Å². The first-order valence-electron chi connectivity index (χ1n) is 5.77. The third-order valence-corrected chi connectivity index (χ3v) is 3.32. The van der Waals surface area contributed by atoms with E-state index in [1.54, 1.807) is 13.8 Å². The molecule has 19 heavy (non-hydrogen) atoms. The van der Waals surface area contributed by atoms with E-state index < -0.39 is 22.9 Å². The van der Waals surface area contributed by atoms with Gasteiger partial charge >= 0.3 is 11.9 Å². The fourth-order valence-corrected chi connectivity index (χ4v) is 2.51. The summed E-state index contributed by atoms with van der Waals surface area (Å²) in [4.78, 5) is 23.4. The topological polar surface area (TPSA) is 86.7 Å². The molecule has 0 aliphatic carbocycles. The smallest absolute Gasteiger partial charge is 0.347 e. The van der Waals surface area contributed by atoms with Gasteiger partial charge in [0.1, 0.15) is 5.75 Å². The van der Waals surface area contributed by atoms with E-state index in [0.717, 1.165) is 0 Å². The number of aryl methyl sites for hydroxylation is 1. The monoisotopic (exact) mass is 284 g/mol. The van der Waals surface area contributed by atoms with Gasteiger partial charge in [0.2, 0.25) is 0 Å². The van der Waals surface area contributed by atoms with E-state index >= 15 is 0 Å². The van der Waals surface area contributed by atoms with Gasteiger partial charge in [0, 0.05) is 5.56 Å². The Hall–Kier alpha value is -1.89. The van der Waals surface area contributed by atoms with Gasteiger partial charge in [-0.15, -0.1) is 0 Å². The summed E-state index contributed by atoms with van der Waals surface area (Å²) < 4.78 is 30.7. The Morgan fingerprint density at radius 2 is 1.74 bits per heavy atom. The summed E-state index contributed by atoms with van der Waals surface area (Å²) in [6, 6.07) is 1.47. The van der Waals surface area contributed by atoms with Crippen LogP contribution in [0.2, 0.25) is 0 Å². The summed E-state index contributed by atoms with van der Waals surface area (Å²) >= 11 is 0. The zero-order valence-corrected chi connectivity index (χ0v) is 11.3. The molecule has 1 aliphatic rings. The van der Waals surface area contributed by atoms with Crippen molar-refractivity contribution in [3.8, 4) is 5.75 Å². The molecule has 1 heterocycles. The van der Waals surface area contributed by atoms with Crippen molar-refractivity contribution in [1.29, 1.82) is 0 Å². The maximum atomic E-state index is 11.7. The molecular formula is C12H12O6S. The van der Waals surface area contributed by atoms with Crippen molar-refractivity contribution in [1.82, 2.24) is 0 Å². The molecule has 0 amide bonds. The number of ether oxygens (including phenoxy) is 1. The highest BCUT2D eigenvalue weighted by Gasteiger charge is 2.36. The third kappa shape index (κ3) is 2.21. The van der Waals surface area contributed by atoms with Crippen LogP contribution in [0.15, 0.2) is 6.07 Å². The number of fused-ring (bicyclic) bond motifs is 1. The molecule has 1 aliphatic heterocycles. The van der Waals surface area contributed by atoms with Crippen molar-refractivity contribution in [2.75, 3.05) is 0 Å². The molecule has 1 aromatic rings. The minimum Gasteiger partial charge on any atom is -0.386 e. The SMILES string of the molecule is CCc1cc(O[SH](=O)=O)c(CC)c2c1C(=O)OC2=O. The van der Waals surface area contributed by atoms with Crippen molar-refractivity contribution in [2.24, 2.45) is 0 Å². The number of carbonyl (C=O) groups is 2. The lowest BCUT2D eigenvalue weighted by molar-refractivity contribution is 0.0443. The van der Waals surface area contributed by atoms with Gasteiger partial charge in [-0.3, -0.25) is 0 Å². The average Bonchev–Trinajstić information content (AvgIpc) is 2.64. The number of esters is 2. The van der Waals surface area contributed by atoms with Crippen molar-refractivity contribution < 1.29 is 26.9 Å². The van der Waals surface area contributed by atoms with E-state index in [4.69, 9.17) is 4.18 Å². The fourth-order valence-electron chi connectivity index (χ4n) is 2.19. The van der Waals surface area contributed by atoms with E-state index in [1.165, 1.54) is 6.07 Å². The summed E-state index contributed by atoms with van der Waals surface area (Å²) in [5.74, 6) is -1.36. The molecule has 0 saturated carbocycles. The molecule has 7 heteroatoms. The van der Waals surface area contributed by atoms with E-state index in [1.807, 2.05) is 0 Å². The van der Waals surface area contributed by atoms with Gasteiger partial charge in [-0.1, -0.05) is 13.8 Å². The second kappa shape index (κ2) is 5.00. The van der Waals surface area contributed by atoms with Gasteiger partial charge in [-0.25, -0.2) is 9.59 Å². The lowest BCUT2D eigenvalue weighted by Crippen LogP contribution is -2.06. The molecular weight excluding hydrogens is 272 g/mol. The zero-order chi connectivity index (χ0) is 14.2. The van der Waals surface area contributed by atoms with Crippen LogP contribution in [0.4, 0.5) is 0 Å². The lowest BCUT2D eigenvalue weighted by atomic mass is 9.94. The van der Waals surface area contributed by atoms with E-state index in [9.17, 15) is 18.0 Å². The standard InChI is InChI=1S/C12H12O6S/c1-3-6-5-8(18-19(15)16)7(4-2)10-9(6)11(13)17-12(10)14/h5,19H,3-4H2,1-2H3. The Balaban J connectivity index is 2.77. The van der Waals surface area contributed by atoms with Crippen molar-refractivity contribution in [2.45, 2.75) is 26.7 Å². The Morgan fingerprint density at radius 3 is 2.26 bits per heavy atom. The molecule has 102 valence electrons. The van der Waals surface area contributed by atoms with Gasteiger partial charge in [-0.05, 0) is 24.5 Å². The Bertz CT molecular complexity index is 636. The molecule has 0 unspecified atom stereocenters. The van der Waals surface area contributed by atoms with Crippen LogP contribution in [-0.4, -0.2) is 20.4 Å². The normalized spacial score (nSPS) is 13.6. The summed E-state index contributed by atoms with van der Waals surface area (Å²) in [6.07, 6.45) is 0.813. The van der Waals surface area contributed by atoms with Crippen molar-refractivity contribution in [3.63, 3.8) is 0 Å². The molecule has 0 bridgehead atoms. The molecule has 2 rings (SSSR count). The van der Waals surface area contributed by atoms with Gasteiger partial charge in [0.25, 0.3) is 11.0 Å². The molecule has 0 spiro atoms. The maximum Gasteiger partial charge on any atom is 0.347 e. The molecule has 0 fully saturated rings. The number of hydrogen-bond acceptors (Lipinski definition) is 6. The number of thiol groups is 1. The molecule has 0 aromatic heterocycles. The number of benzene rings is 1. The van der Waals surface area contributed by atoms with E-state index in [-0.39, 0.29) is 16.9 Å². The van der Waals surface area contributed by atoms with E-state index in [0.29, 0.717) is 24.0 Å². The number of hydrogen-bond donors (Lipinski definition) is 1. The third-order valence-electron chi connectivity index (χ3n) is 2.98. The second-order valence-electron chi connectivity index (χ2n) is 3.96. The minimum absolute atomic E-state index is 0.0841. The van der Waals surface area contributed by atoms with Gasteiger partial charge < -0.3 is 8.92 Å². The Kier molecular flexibility index (Phi) is 3.57. The van der Waals surface area contributed by atoms with Crippen LogP contribution in [0.1, 0.15) is 45.7 Å². The highest BCUT2D eigenvalue weighted by atomic mass is 32.2. The summed E-state index contributed by atoms with van der Waals surface area (Å²) in [7, 11) is -3.09. The van der Waals surface area contributed by atoms with Crippen LogP contribution < -0.4 is 4.18 Å². The van der Waals surface area contributed by atoms with Crippen LogP contribution in [0, 0.1) is 0 Å². The molecule has 0 saturated heterocycles. The largest absolute Gasteiger partial charge is 0.386 e. The van der Waals surface area contributed by atoms with Gasteiger partial charge in [-0.2, -0.15) is 8.42 Å². The quantitative estimate of drug-likeness (QED) is 0.505. The summed E-state index contributed by atoms with van der Waals surface area (Å²) in [6.45, 7) is 3.53. The van der Waals surface area contributed by atoms with E-state index in [2.05, 4.69) is 4.74 Å². The van der Waals surface area contributed by atoms with Crippen LogP contribution in [0.3, 0.4) is 0 Å². The predicted octanol–water partition coefficient (Wildman–Crippen LogP) is 1.03. The van der Waals surface area contributed by atoms with Crippen LogP contribution in [-0.2, 0) is 28.6 Å². The first kappa shape index (κ1) is 13.5. The number of rotatable bonds is 4. The molecule has 0 atom stereocenters. The Morgan fingerprint density at radius 1 is 1.11 bits per heavy atom. The number of cyclic esters (lactones) is 2. The van der Waals surface area contributed by atoms with Crippen molar-refractivity contribution in [3.05, 3.63) is 28.3 Å². The molecule has 0 N–H and O–H groups in total. The first-order chi connectivity index (χ1) is 8.99. The summed E-state index contributed by atoms with van der Waals surface area (Å²) in [5, 5.41) is 0. The van der Waals surface area contributed by atoms with Crippen LogP contribution in [0.25, 0.3) is 0 Å². The minimum atomic E-state index is -3.09. The highest BCUT2D eigenvalue weighted by Crippen LogP contribution is 2.34. The Labute approximate surface area is 111 Å². The summed E-state index contributed by atoms with van der Waals surface area (Å²) in [5.41, 5.74) is 1.26. The zero-order valence-electron chi connectivity index (χ0n) is 10.4. The molecule has 6 nitrogen and oxygen atoms in total. The first-order valence-corrected chi connectivity index (χ1v) is 6.86. The average molecular weight is 284 g/mol.